The van der Waals surface area contributed by atoms with Gasteiger partial charge in [0.25, 0.3) is 0 Å². The average molecular weight is 322 g/mol. The number of halogens is 1. The average Bonchev–Trinajstić information content (AvgIpc) is 2.89. The van der Waals surface area contributed by atoms with Gasteiger partial charge in [0.15, 0.2) is 0 Å². The van der Waals surface area contributed by atoms with Gasteiger partial charge in [-0.1, -0.05) is 17.7 Å². The topological polar surface area (TPSA) is 64.5 Å². The summed E-state index contributed by atoms with van der Waals surface area (Å²) < 4.78 is 11.4. The molecule has 22 heavy (non-hydrogen) atoms. The molecule has 0 saturated carbocycles. The van der Waals surface area contributed by atoms with Crippen LogP contribution in [0.4, 0.5) is 0 Å². The van der Waals surface area contributed by atoms with Crippen molar-refractivity contribution in [1.82, 2.24) is 9.88 Å². The molecule has 1 aromatic carbocycles. The van der Waals surface area contributed by atoms with Crippen LogP contribution in [0.1, 0.15) is 11.5 Å². The summed E-state index contributed by atoms with van der Waals surface area (Å²) in [5.41, 5.74) is 7.53. The Hall–Kier alpha value is -1.40. The molecule has 0 unspecified atom stereocenters. The number of nitrogens with two attached hydrogens (primary N) is 1. The number of rotatable bonds is 4. The van der Waals surface area contributed by atoms with Crippen LogP contribution in [0.5, 0.6) is 0 Å². The lowest BCUT2D eigenvalue weighted by Gasteiger charge is -2.31. The van der Waals surface area contributed by atoms with E-state index in [0.717, 1.165) is 36.7 Å². The summed E-state index contributed by atoms with van der Waals surface area (Å²) in [6, 6.07) is 7.53. The van der Waals surface area contributed by atoms with Crippen LogP contribution in [-0.4, -0.2) is 42.2 Å². The van der Waals surface area contributed by atoms with Crippen molar-refractivity contribution in [3.8, 4) is 11.5 Å². The third-order valence-electron chi connectivity index (χ3n) is 3.82. The molecule has 1 aromatic heterocycles. The Balaban J connectivity index is 1.75. The minimum atomic E-state index is 0.105. The van der Waals surface area contributed by atoms with Crippen LogP contribution in [-0.2, 0) is 11.3 Å². The molecule has 3 rings (SSSR count). The van der Waals surface area contributed by atoms with E-state index >= 15 is 0 Å². The molecule has 1 atom stereocenters. The van der Waals surface area contributed by atoms with Crippen molar-refractivity contribution in [3.63, 3.8) is 0 Å². The van der Waals surface area contributed by atoms with Gasteiger partial charge in [-0.15, -0.1) is 0 Å². The Morgan fingerprint density at radius 1 is 1.45 bits per heavy atom. The minimum Gasteiger partial charge on any atom is -0.441 e. The van der Waals surface area contributed by atoms with Crippen molar-refractivity contribution < 1.29 is 9.15 Å². The van der Waals surface area contributed by atoms with Gasteiger partial charge in [-0.3, -0.25) is 4.90 Å². The zero-order valence-corrected chi connectivity index (χ0v) is 13.3. The van der Waals surface area contributed by atoms with Gasteiger partial charge in [-0.25, -0.2) is 4.98 Å². The predicted octanol–water partition coefficient (Wildman–Crippen LogP) is 2.46. The summed E-state index contributed by atoms with van der Waals surface area (Å²) >= 11 is 6.03. The first-order valence-electron chi connectivity index (χ1n) is 7.42. The summed E-state index contributed by atoms with van der Waals surface area (Å²) in [7, 11) is 0. The molecular formula is C16H20ClN3O2. The molecule has 1 aliphatic heterocycles. The highest BCUT2D eigenvalue weighted by atomic mass is 35.5. The molecule has 5 nitrogen and oxygen atoms in total. The molecule has 0 bridgehead atoms. The number of aromatic nitrogens is 1. The standard InChI is InChI=1S/C16H20ClN3O2/c1-11-15(10-20-5-6-21-14(8-18)9-20)19-16(22-11)12-3-2-4-13(17)7-12/h2-4,7,14H,5-6,8-10,18H2,1H3/t14-/m1/s1. The van der Waals surface area contributed by atoms with Crippen molar-refractivity contribution in [1.29, 1.82) is 0 Å². The summed E-state index contributed by atoms with van der Waals surface area (Å²) in [5, 5.41) is 0.675. The number of morpholine rings is 1. The first-order valence-corrected chi connectivity index (χ1v) is 7.80. The van der Waals surface area contributed by atoms with Gasteiger partial charge < -0.3 is 14.9 Å². The van der Waals surface area contributed by atoms with Gasteiger partial charge >= 0.3 is 0 Å². The highest BCUT2D eigenvalue weighted by molar-refractivity contribution is 6.30. The van der Waals surface area contributed by atoms with Crippen molar-refractivity contribution in [3.05, 3.63) is 40.7 Å². The molecule has 1 saturated heterocycles. The lowest BCUT2D eigenvalue weighted by molar-refractivity contribution is -0.0264. The van der Waals surface area contributed by atoms with E-state index in [-0.39, 0.29) is 6.10 Å². The van der Waals surface area contributed by atoms with Crippen molar-refractivity contribution in [2.45, 2.75) is 19.6 Å². The maximum atomic E-state index is 6.03. The fourth-order valence-electron chi connectivity index (χ4n) is 2.60. The lowest BCUT2D eigenvalue weighted by atomic mass is 10.2. The van der Waals surface area contributed by atoms with Crippen LogP contribution in [0.25, 0.3) is 11.5 Å². The Morgan fingerprint density at radius 3 is 3.09 bits per heavy atom. The van der Waals surface area contributed by atoms with Gasteiger partial charge in [-0.2, -0.15) is 0 Å². The monoisotopic (exact) mass is 321 g/mol. The molecule has 1 fully saturated rings. The maximum Gasteiger partial charge on any atom is 0.226 e. The minimum absolute atomic E-state index is 0.105. The number of benzene rings is 1. The highest BCUT2D eigenvalue weighted by Gasteiger charge is 2.21. The van der Waals surface area contributed by atoms with Crippen LogP contribution < -0.4 is 5.73 Å². The molecule has 2 N–H and O–H groups in total. The van der Waals surface area contributed by atoms with E-state index in [2.05, 4.69) is 9.88 Å². The first kappa shape index (κ1) is 15.5. The van der Waals surface area contributed by atoms with E-state index in [1.165, 1.54) is 0 Å². The normalized spacial score (nSPS) is 19.5. The highest BCUT2D eigenvalue weighted by Crippen LogP contribution is 2.25. The number of hydrogen-bond acceptors (Lipinski definition) is 5. The van der Waals surface area contributed by atoms with Crippen LogP contribution in [0.3, 0.4) is 0 Å². The molecular weight excluding hydrogens is 302 g/mol. The number of hydrogen-bond donors (Lipinski definition) is 1. The molecule has 1 aliphatic rings. The largest absolute Gasteiger partial charge is 0.441 e. The van der Waals surface area contributed by atoms with Crippen LogP contribution >= 0.6 is 11.6 Å². The molecule has 118 valence electrons. The van der Waals surface area contributed by atoms with Gasteiger partial charge in [0, 0.05) is 36.8 Å². The van der Waals surface area contributed by atoms with Crippen LogP contribution in [0.2, 0.25) is 5.02 Å². The third kappa shape index (κ3) is 3.50. The SMILES string of the molecule is Cc1oc(-c2cccc(Cl)c2)nc1CN1CCO[C@H](CN)C1. The van der Waals surface area contributed by atoms with Crippen LogP contribution in [0, 0.1) is 6.92 Å². The van der Waals surface area contributed by atoms with Gasteiger partial charge in [-0.05, 0) is 25.1 Å². The Bertz CT molecular complexity index is 644. The lowest BCUT2D eigenvalue weighted by Crippen LogP contribution is -2.45. The van der Waals surface area contributed by atoms with E-state index in [9.17, 15) is 0 Å². The number of oxazole rings is 1. The fraction of sp³-hybridized carbons (Fsp3) is 0.438. The van der Waals surface area contributed by atoms with Crippen molar-refractivity contribution >= 4 is 11.6 Å². The third-order valence-corrected chi connectivity index (χ3v) is 4.06. The van der Waals surface area contributed by atoms with E-state index in [0.29, 0.717) is 24.1 Å². The number of nitrogens with zero attached hydrogens (tertiary/aromatic N) is 2. The predicted molar refractivity (Wildman–Crippen MR) is 85.8 cm³/mol. The van der Waals surface area contributed by atoms with Crippen LogP contribution in [0.15, 0.2) is 28.7 Å². The summed E-state index contributed by atoms with van der Waals surface area (Å²) in [6.07, 6.45) is 0.105. The zero-order valence-electron chi connectivity index (χ0n) is 12.6. The fourth-order valence-corrected chi connectivity index (χ4v) is 2.79. The number of ether oxygens (including phenoxy) is 1. The second-order valence-electron chi connectivity index (χ2n) is 5.50. The molecule has 2 heterocycles. The first-order chi connectivity index (χ1) is 10.7. The van der Waals surface area contributed by atoms with E-state index in [1.54, 1.807) is 0 Å². The Labute approximate surface area is 135 Å². The maximum absolute atomic E-state index is 6.03. The van der Waals surface area contributed by atoms with E-state index in [1.807, 2.05) is 31.2 Å². The zero-order chi connectivity index (χ0) is 15.5. The molecule has 0 amide bonds. The summed E-state index contributed by atoms with van der Waals surface area (Å²) in [4.78, 5) is 6.93. The molecule has 0 spiro atoms. The second-order valence-corrected chi connectivity index (χ2v) is 5.93. The van der Waals surface area contributed by atoms with Crippen molar-refractivity contribution in [2.75, 3.05) is 26.2 Å². The van der Waals surface area contributed by atoms with Crippen molar-refractivity contribution in [2.24, 2.45) is 5.73 Å². The van der Waals surface area contributed by atoms with E-state index in [4.69, 9.17) is 26.5 Å². The number of aryl methyl sites for hydroxylation is 1. The van der Waals surface area contributed by atoms with Gasteiger partial charge in [0.2, 0.25) is 5.89 Å². The van der Waals surface area contributed by atoms with E-state index < -0.39 is 0 Å². The molecule has 2 aromatic rings. The van der Waals surface area contributed by atoms with Gasteiger partial charge in [0.05, 0.1) is 18.4 Å². The quantitative estimate of drug-likeness (QED) is 0.937. The summed E-state index contributed by atoms with van der Waals surface area (Å²) in [6.45, 7) is 5.65. The Morgan fingerprint density at radius 2 is 2.32 bits per heavy atom. The molecule has 0 radical (unpaired) electrons. The smallest absolute Gasteiger partial charge is 0.226 e. The molecule has 6 heteroatoms. The second kappa shape index (κ2) is 6.79. The molecule has 0 aliphatic carbocycles. The van der Waals surface area contributed by atoms with Gasteiger partial charge in [0.1, 0.15) is 5.76 Å². The summed E-state index contributed by atoms with van der Waals surface area (Å²) in [5.74, 6) is 1.45. The Kier molecular flexibility index (Phi) is 4.78.